The number of nitrogens with one attached hydrogen (secondary N) is 3. The van der Waals surface area contributed by atoms with Gasteiger partial charge in [-0.2, -0.15) is 18.3 Å². The van der Waals surface area contributed by atoms with Gasteiger partial charge in [-0.05, 0) is 99.6 Å². The van der Waals surface area contributed by atoms with Crippen molar-refractivity contribution in [2.45, 2.75) is 94.6 Å². The van der Waals surface area contributed by atoms with E-state index in [1.54, 1.807) is 24.3 Å². The smallest absolute Gasteiger partial charge is 0.433 e. The van der Waals surface area contributed by atoms with Crippen LogP contribution in [0.2, 0.25) is 0 Å². The van der Waals surface area contributed by atoms with Gasteiger partial charge in [0.25, 0.3) is 17.7 Å². The summed E-state index contributed by atoms with van der Waals surface area (Å²) < 4.78 is 47.0. The average Bonchev–Trinajstić information content (AvgIpc) is 3.73. The number of pyridine rings is 1. The molecule has 2 aromatic carbocycles. The highest BCUT2D eigenvalue weighted by Crippen LogP contribution is 2.57. The molecular weight excluding hydrogens is 770 g/mol. The van der Waals surface area contributed by atoms with Crippen molar-refractivity contribution < 1.29 is 41.9 Å². The van der Waals surface area contributed by atoms with Crippen molar-refractivity contribution >= 4 is 51.8 Å². The number of hydrogen-bond donors (Lipinski definition) is 3. The Morgan fingerprint density at radius 3 is 2.36 bits per heavy atom. The molecule has 2 saturated carbocycles. The molecule has 2 saturated heterocycles. The zero-order valence-electron chi connectivity index (χ0n) is 32.3. The van der Waals surface area contributed by atoms with E-state index in [-0.39, 0.29) is 35.6 Å². The number of ether oxygens (including phenoxy) is 1. The second kappa shape index (κ2) is 14.8. The van der Waals surface area contributed by atoms with Crippen molar-refractivity contribution in [3.8, 4) is 5.75 Å². The highest BCUT2D eigenvalue weighted by Gasteiger charge is 2.48. The number of anilines is 2. The predicted molar refractivity (Wildman–Crippen MR) is 208 cm³/mol. The standard InChI is InChI=1S/C42H43F3N8O6/c1-59-34-19-31-23(17-32(34)48-37(55)30-3-2-4-35(47-30)42(43,44)45)22-52(50-31)27-20-41(21-27)13-9-24(10-14-41)46-25-11-15-51(16-12-25)26-5-6-28-29(18-26)40(58)53(39(28)57)33-7-8-36(54)49-38(33)56/h2-6,17-19,22,24-25,27,33,46H,7-16,20-21H2,1H3,(H,48,55)(H,49,54,56). The van der Waals surface area contributed by atoms with E-state index < -0.39 is 47.4 Å². The van der Waals surface area contributed by atoms with Crippen LogP contribution in [0.1, 0.15) is 107 Å². The minimum Gasteiger partial charge on any atom is -0.494 e. The van der Waals surface area contributed by atoms with Crippen LogP contribution in [0.5, 0.6) is 5.75 Å². The number of fused-ring (bicyclic) bond motifs is 2. The van der Waals surface area contributed by atoms with E-state index in [2.05, 4.69) is 25.8 Å². The van der Waals surface area contributed by atoms with Gasteiger partial charge in [0.05, 0.1) is 35.5 Å². The normalized spacial score (nSPS) is 25.0. The van der Waals surface area contributed by atoms with Crippen LogP contribution in [-0.4, -0.2) is 87.5 Å². The first-order valence-corrected chi connectivity index (χ1v) is 20.1. The molecule has 1 spiro atoms. The molecule has 4 aromatic rings. The molecule has 14 nitrogen and oxygen atoms in total. The van der Waals surface area contributed by atoms with Crippen LogP contribution in [-0.2, 0) is 15.8 Å². The summed E-state index contributed by atoms with van der Waals surface area (Å²) in [6.07, 6.45) is 5.87. The zero-order chi connectivity index (χ0) is 41.2. The highest BCUT2D eigenvalue weighted by atomic mass is 19.4. The zero-order valence-corrected chi connectivity index (χ0v) is 32.3. The fourth-order valence-electron chi connectivity index (χ4n) is 9.66. The number of carbonyl (C=O) groups is 5. The van der Waals surface area contributed by atoms with Gasteiger partial charge in [0.2, 0.25) is 11.8 Å². The van der Waals surface area contributed by atoms with Crippen molar-refractivity contribution in [2.24, 2.45) is 5.41 Å². The summed E-state index contributed by atoms with van der Waals surface area (Å²) in [5.41, 5.74) is 1.21. The first-order valence-electron chi connectivity index (χ1n) is 20.1. The Labute approximate surface area is 336 Å². The molecule has 4 fully saturated rings. The molecule has 0 radical (unpaired) electrons. The number of aromatic nitrogens is 3. The van der Waals surface area contributed by atoms with Crippen LogP contribution in [0.15, 0.2) is 54.7 Å². The minimum atomic E-state index is -4.67. The number of carbonyl (C=O) groups excluding carboxylic acids is 5. The molecule has 59 heavy (non-hydrogen) atoms. The van der Waals surface area contributed by atoms with Gasteiger partial charge in [-0.15, -0.1) is 0 Å². The second-order valence-electron chi connectivity index (χ2n) is 16.5. The third-order valence-electron chi connectivity index (χ3n) is 12.9. The average molecular weight is 813 g/mol. The van der Waals surface area contributed by atoms with Crippen LogP contribution in [0.25, 0.3) is 10.9 Å². The Morgan fingerprint density at radius 2 is 1.64 bits per heavy atom. The highest BCUT2D eigenvalue weighted by molar-refractivity contribution is 6.23. The molecule has 1 unspecified atom stereocenters. The maximum atomic E-state index is 13.3. The molecule has 9 rings (SSSR count). The summed E-state index contributed by atoms with van der Waals surface area (Å²) in [7, 11) is 1.45. The first kappa shape index (κ1) is 38.7. The molecule has 0 bridgehead atoms. The summed E-state index contributed by atoms with van der Waals surface area (Å²) in [6.45, 7) is 1.61. The first-order chi connectivity index (χ1) is 28.3. The number of nitrogens with zero attached hydrogens (tertiary/aromatic N) is 5. The van der Waals surface area contributed by atoms with Gasteiger partial charge in [-0.1, -0.05) is 6.07 Å². The van der Waals surface area contributed by atoms with Gasteiger partial charge < -0.3 is 20.3 Å². The van der Waals surface area contributed by atoms with Crippen molar-refractivity contribution in [3.05, 3.63) is 77.2 Å². The van der Waals surface area contributed by atoms with Crippen LogP contribution in [0, 0.1) is 5.41 Å². The van der Waals surface area contributed by atoms with E-state index in [0.717, 1.165) is 92.6 Å². The third kappa shape index (κ3) is 7.29. The maximum absolute atomic E-state index is 13.3. The van der Waals surface area contributed by atoms with Gasteiger partial charge in [0, 0.05) is 54.9 Å². The Hall–Kier alpha value is -5.84. The molecule has 5 aliphatic rings. The summed E-state index contributed by atoms with van der Waals surface area (Å²) in [4.78, 5) is 70.1. The lowest BCUT2D eigenvalue weighted by Gasteiger charge is -2.52. The van der Waals surface area contributed by atoms with Gasteiger partial charge in [0.1, 0.15) is 23.2 Å². The Balaban J connectivity index is 0.756. The largest absolute Gasteiger partial charge is 0.494 e. The number of rotatable bonds is 8. The van der Waals surface area contributed by atoms with E-state index in [9.17, 15) is 37.1 Å². The van der Waals surface area contributed by atoms with Crippen molar-refractivity contribution in [3.63, 3.8) is 0 Å². The van der Waals surface area contributed by atoms with Crippen LogP contribution in [0.3, 0.4) is 0 Å². The fraction of sp³-hybridized carbons (Fsp3) is 0.452. The van der Waals surface area contributed by atoms with E-state index in [4.69, 9.17) is 9.84 Å². The summed E-state index contributed by atoms with van der Waals surface area (Å²) in [5, 5.41) is 14.4. The maximum Gasteiger partial charge on any atom is 0.433 e. The van der Waals surface area contributed by atoms with E-state index in [0.29, 0.717) is 34.6 Å². The fourth-order valence-corrected chi connectivity index (χ4v) is 9.66. The Kier molecular flexibility index (Phi) is 9.68. The van der Waals surface area contributed by atoms with Gasteiger partial charge in [-0.3, -0.25) is 38.9 Å². The molecule has 3 aliphatic heterocycles. The van der Waals surface area contributed by atoms with E-state index in [1.807, 2.05) is 16.9 Å². The molecule has 1 atom stereocenters. The SMILES string of the molecule is COc1cc2nn(C3CC4(CCC(NC5CCN(c6ccc7c(c6)C(=O)N(C6CCC(=O)NC6=O)C7=O)CC5)CC4)C3)cc2cc1NC(=O)c1cccc(C(F)(F)F)n1. The van der Waals surface area contributed by atoms with Gasteiger partial charge >= 0.3 is 6.18 Å². The molecule has 2 aliphatic carbocycles. The Bertz CT molecular complexity index is 2370. The van der Waals surface area contributed by atoms with Crippen LogP contribution < -0.4 is 25.6 Å². The predicted octanol–water partition coefficient (Wildman–Crippen LogP) is 5.63. The van der Waals surface area contributed by atoms with Crippen molar-refractivity contribution in [1.82, 2.24) is 30.3 Å². The number of amides is 5. The van der Waals surface area contributed by atoms with E-state index >= 15 is 0 Å². The minimum absolute atomic E-state index is 0.0788. The lowest BCUT2D eigenvalue weighted by Crippen LogP contribution is -2.54. The third-order valence-corrected chi connectivity index (χ3v) is 12.9. The number of alkyl halides is 3. The molecule has 308 valence electrons. The summed E-state index contributed by atoms with van der Waals surface area (Å²) in [5.74, 6) is -2.48. The van der Waals surface area contributed by atoms with Crippen molar-refractivity contribution in [2.75, 3.05) is 30.4 Å². The molecular formula is C42H43F3N8O6. The summed E-state index contributed by atoms with van der Waals surface area (Å²) >= 11 is 0. The quantitative estimate of drug-likeness (QED) is 0.190. The molecule has 17 heteroatoms. The number of benzene rings is 2. The second-order valence-corrected chi connectivity index (χ2v) is 16.5. The topological polar surface area (TPSA) is 168 Å². The Morgan fingerprint density at radius 1 is 0.915 bits per heavy atom. The molecule has 5 heterocycles. The number of hydrogen-bond acceptors (Lipinski definition) is 10. The van der Waals surface area contributed by atoms with Crippen LogP contribution in [0.4, 0.5) is 24.5 Å². The lowest BCUT2D eigenvalue weighted by molar-refractivity contribution is -0.141. The number of halogens is 3. The molecule has 3 N–H and O–H groups in total. The number of imide groups is 2. The van der Waals surface area contributed by atoms with E-state index in [1.165, 1.54) is 13.2 Å². The summed E-state index contributed by atoms with van der Waals surface area (Å²) in [6, 6.07) is 12.0. The van der Waals surface area contributed by atoms with Crippen molar-refractivity contribution in [1.29, 1.82) is 0 Å². The number of methoxy groups -OCH3 is 1. The monoisotopic (exact) mass is 812 g/mol. The van der Waals surface area contributed by atoms with Crippen LogP contribution >= 0.6 is 0 Å². The van der Waals surface area contributed by atoms with Gasteiger partial charge in [0.15, 0.2) is 0 Å². The molecule has 5 amide bonds. The molecule has 2 aromatic heterocycles. The van der Waals surface area contributed by atoms with Gasteiger partial charge in [-0.25, -0.2) is 4.98 Å². The number of piperidine rings is 2. The lowest BCUT2D eigenvalue weighted by atomic mass is 9.57.